The average molecular weight is 424 g/mol. The third-order valence-corrected chi connectivity index (χ3v) is 7.46. The molecule has 0 radical (unpaired) electrons. The molecule has 5 aliphatic rings. The van der Waals surface area contributed by atoms with Crippen molar-refractivity contribution in [2.24, 2.45) is 23.2 Å². The number of carbonyl (C=O) groups is 1. The molecule has 4 bridgehead atoms. The molecule has 6 rings (SSSR count). The Kier molecular flexibility index (Phi) is 4.63. The number of rotatable bonds is 3. The third-order valence-electron chi connectivity index (χ3n) is 7.46. The van der Waals surface area contributed by atoms with Gasteiger partial charge in [-0.3, -0.25) is 0 Å². The van der Waals surface area contributed by atoms with Crippen molar-refractivity contribution in [3.05, 3.63) is 18.0 Å². The topological polar surface area (TPSA) is 67.3 Å². The summed E-state index contributed by atoms with van der Waals surface area (Å²) in [5, 5.41) is 2.93. The molecule has 3 atom stereocenters. The zero-order valence-corrected chi connectivity index (χ0v) is 17.0. The van der Waals surface area contributed by atoms with Crippen molar-refractivity contribution in [1.82, 2.24) is 14.9 Å². The molecule has 2 heterocycles. The lowest BCUT2D eigenvalue weighted by Gasteiger charge is -2.58. The number of alkyl halides is 3. The number of anilines is 1. The lowest BCUT2D eigenvalue weighted by atomic mass is 9.49. The molecular weight excluding hydrogens is 397 g/mol. The summed E-state index contributed by atoms with van der Waals surface area (Å²) in [7, 11) is 0. The van der Waals surface area contributed by atoms with Crippen LogP contribution in [0.1, 0.15) is 51.1 Å². The smallest absolute Gasteiger partial charge is 0.433 e. The molecule has 4 saturated carbocycles. The quantitative estimate of drug-likeness (QED) is 0.782. The zero-order valence-electron chi connectivity index (χ0n) is 17.0. The number of halogens is 3. The van der Waals surface area contributed by atoms with Crippen molar-refractivity contribution in [2.75, 3.05) is 18.4 Å². The van der Waals surface area contributed by atoms with Gasteiger partial charge in [-0.1, -0.05) is 6.92 Å². The number of ether oxygens (including phenoxy) is 1. The van der Waals surface area contributed by atoms with Crippen molar-refractivity contribution in [3.8, 4) is 0 Å². The van der Waals surface area contributed by atoms with E-state index in [2.05, 4.69) is 22.2 Å². The average Bonchev–Trinajstić information content (AvgIpc) is 3.11. The summed E-state index contributed by atoms with van der Waals surface area (Å²) in [5.74, 6) is 1.66. The highest BCUT2D eigenvalue weighted by molar-refractivity contribution is 5.68. The van der Waals surface area contributed by atoms with Gasteiger partial charge in [0.15, 0.2) is 0 Å². The highest BCUT2D eigenvalue weighted by Gasteiger charge is 2.55. The molecule has 1 saturated heterocycles. The largest absolute Gasteiger partial charge is 0.446 e. The molecule has 0 aromatic carbocycles. The number of nitrogens with zero attached hydrogens (tertiary/aromatic N) is 3. The van der Waals surface area contributed by atoms with Gasteiger partial charge < -0.3 is 15.0 Å². The van der Waals surface area contributed by atoms with E-state index in [9.17, 15) is 18.0 Å². The van der Waals surface area contributed by atoms with Crippen LogP contribution in [0.2, 0.25) is 0 Å². The Morgan fingerprint density at radius 1 is 1.27 bits per heavy atom. The Hall–Kier alpha value is -2.06. The molecule has 164 valence electrons. The van der Waals surface area contributed by atoms with E-state index >= 15 is 0 Å². The molecule has 9 heteroatoms. The number of hydrogen-bond donors (Lipinski definition) is 1. The van der Waals surface area contributed by atoms with Crippen LogP contribution in [0, 0.1) is 23.2 Å². The molecule has 1 aromatic heterocycles. The minimum atomic E-state index is -4.51. The number of hydrogen-bond acceptors (Lipinski definition) is 5. The van der Waals surface area contributed by atoms with E-state index in [0.29, 0.717) is 36.8 Å². The minimum Gasteiger partial charge on any atom is -0.446 e. The summed E-state index contributed by atoms with van der Waals surface area (Å²) in [6, 6.07) is 0.646. The molecule has 1 aliphatic heterocycles. The van der Waals surface area contributed by atoms with Crippen LogP contribution in [-0.4, -0.2) is 46.2 Å². The Labute approximate surface area is 173 Å². The van der Waals surface area contributed by atoms with E-state index in [4.69, 9.17) is 4.74 Å². The van der Waals surface area contributed by atoms with Crippen LogP contribution in [0.15, 0.2) is 12.3 Å². The number of nitrogens with one attached hydrogen (secondary N) is 1. The van der Waals surface area contributed by atoms with Crippen LogP contribution >= 0.6 is 0 Å². The lowest BCUT2D eigenvalue weighted by Crippen LogP contribution is -2.54. The van der Waals surface area contributed by atoms with E-state index < -0.39 is 11.9 Å². The SMILES string of the molecule is CC12CC3CC(C1)C(OC(=O)N1CC[C@@H](Nc4nccc(C(F)(F)F)n4)C1)C(C3)C2. The van der Waals surface area contributed by atoms with Gasteiger partial charge in [0.05, 0.1) is 0 Å². The van der Waals surface area contributed by atoms with E-state index in [1.807, 2.05) is 0 Å². The van der Waals surface area contributed by atoms with Crippen LogP contribution < -0.4 is 5.32 Å². The van der Waals surface area contributed by atoms with Crippen LogP contribution in [-0.2, 0) is 10.9 Å². The fraction of sp³-hybridized carbons (Fsp3) is 0.762. The van der Waals surface area contributed by atoms with Gasteiger partial charge in [0.2, 0.25) is 5.95 Å². The predicted molar refractivity (Wildman–Crippen MR) is 103 cm³/mol. The maximum absolute atomic E-state index is 12.8. The molecule has 4 aliphatic carbocycles. The minimum absolute atomic E-state index is 0.0148. The van der Waals surface area contributed by atoms with Crippen LogP contribution in [0.4, 0.5) is 23.9 Å². The van der Waals surface area contributed by atoms with Crippen LogP contribution in [0.25, 0.3) is 0 Å². The van der Waals surface area contributed by atoms with Crippen molar-refractivity contribution in [3.63, 3.8) is 0 Å². The predicted octanol–water partition coefficient (Wildman–Crippen LogP) is 4.33. The number of likely N-dealkylation sites (tertiary alicyclic amines) is 1. The summed E-state index contributed by atoms with van der Waals surface area (Å²) < 4.78 is 44.5. The third kappa shape index (κ3) is 3.71. The Bertz CT molecular complexity index is 817. The molecule has 1 aromatic rings. The summed E-state index contributed by atoms with van der Waals surface area (Å²) in [4.78, 5) is 21.9. The van der Waals surface area contributed by atoms with Gasteiger partial charge in [0, 0.05) is 25.3 Å². The maximum atomic E-state index is 12.8. The normalized spacial score (nSPS) is 37.5. The fourth-order valence-corrected chi connectivity index (χ4v) is 6.58. The fourth-order valence-electron chi connectivity index (χ4n) is 6.58. The molecule has 1 N–H and O–H groups in total. The lowest BCUT2D eigenvalue weighted by molar-refractivity contribution is -0.141. The van der Waals surface area contributed by atoms with Gasteiger partial charge in [-0.25, -0.2) is 14.8 Å². The Morgan fingerprint density at radius 2 is 2.00 bits per heavy atom. The van der Waals surface area contributed by atoms with Gasteiger partial charge >= 0.3 is 12.3 Å². The standard InChI is InChI=1S/C21H27F3N4O2/c1-20-8-12-6-13(9-20)17(14(7-12)10-20)30-19(29)28-5-3-15(11-28)26-18-25-4-2-16(27-18)21(22,23)24/h2,4,12-15,17H,3,5-11H2,1H3,(H,25,26,27)/t12?,13?,14?,15-,17?,20?/m1/s1. The summed E-state index contributed by atoms with van der Waals surface area (Å²) >= 11 is 0. The zero-order chi connectivity index (χ0) is 21.1. The number of amides is 1. The molecule has 5 fully saturated rings. The molecule has 1 amide bonds. The van der Waals surface area contributed by atoms with Gasteiger partial charge in [-0.15, -0.1) is 0 Å². The molecule has 2 unspecified atom stereocenters. The van der Waals surface area contributed by atoms with Gasteiger partial charge in [-0.2, -0.15) is 13.2 Å². The molecule has 0 spiro atoms. The van der Waals surface area contributed by atoms with Crippen molar-refractivity contribution >= 4 is 12.0 Å². The van der Waals surface area contributed by atoms with Crippen LogP contribution in [0.5, 0.6) is 0 Å². The second kappa shape index (κ2) is 6.99. The van der Waals surface area contributed by atoms with Gasteiger partial charge in [0.1, 0.15) is 11.8 Å². The van der Waals surface area contributed by atoms with Crippen molar-refractivity contribution in [1.29, 1.82) is 0 Å². The highest BCUT2D eigenvalue weighted by atomic mass is 19.4. The first-order valence-corrected chi connectivity index (χ1v) is 10.8. The molecule has 30 heavy (non-hydrogen) atoms. The number of carbonyl (C=O) groups excluding carboxylic acids is 1. The van der Waals surface area contributed by atoms with E-state index in [1.54, 1.807) is 4.90 Å². The van der Waals surface area contributed by atoms with E-state index in [1.165, 1.54) is 19.3 Å². The van der Waals surface area contributed by atoms with E-state index in [-0.39, 0.29) is 24.2 Å². The summed E-state index contributed by atoms with van der Waals surface area (Å²) in [6.45, 7) is 3.27. The maximum Gasteiger partial charge on any atom is 0.433 e. The first kappa shape index (κ1) is 19.9. The van der Waals surface area contributed by atoms with Gasteiger partial charge in [-0.05, 0) is 67.8 Å². The van der Waals surface area contributed by atoms with Crippen molar-refractivity contribution in [2.45, 2.75) is 63.8 Å². The van der Waals surface area contributed by atoms with Gasteiger partial charge in [0.25, 0.3) is 0 Å². The Morgan fingerprint density at radius 3 is 2.67 bits per heavy atom. The summed E-state index contributed by atoms with van der Waals surface area (Å²) in [6.07, 6.45) is 2.86. The Balaban J connectivity index is 1.17. The first-order chi connectivity index (χ1) is 14.2. The molecular formula is C21H27F3N4O2. The van der Waals surface area contributed by atoms with E-state index in [0.717, 1.165) is 31.0 Å². The second-order valence-electron chi connectivity index (χ2n) is 9.97. The summed E-state index contributed by atoms with van der Waals surface area (Å²) in [5.41, 5.74) is -0.558. The molecule has 6 nitrogen and oxygen atoms in total. The van der Waals surface area contributed by atoms with Crippen molar-refractivity contribution < 1.29 is 22.7 Å². The monoisotopic (exact) mass is 424 g/mol. The number of aromatic nitrogens is 2. The second-order valence-corrected chi connectivity index (χ2v) is 9.97. The first-order valence-electron chi connectivity index (χ1n) is 10.8. The highest BCUT2D eigenvalue weighted by Crippen LogP contribution is 2.60. The van der Waals surface area contributed by atoms with Crippen LogP contribution in [0.3, 0.4) is 0 Å².